The zero-order chi connectivity index (χ0) is 23.5. The molecule has 0 saturated carbocycles. The van der Waals surface area contributed by atoms with Crippen molar-refractivity contribution in [2.24, 2.45) is 0 Å². The predicted molar refractivity (Wildman–Crippen MR) is 137 cm³/mol. The van der Waals surface area contributed by atoms with Gasteiger partial charge in [-0.05, 0) is 98.6 Å². The molecule has 4 aromatic rings. The standard InChI is InChI=1S/C27H27ClN4O2/c1-18-14-19(24-16-22(33)6-9-25(24)28)15-20-17-29-27(31-26(18)20)30-21-4-7-23(8-5-21)34-13-12-32-10-2-3-11-32/h4-9,14-17,33H,2-3,10-13H2,1H3,(H,29,30,31). The van der Waals surface area contributed by atoms with E-state index in [1.54, 1.807) is 24.4 Å². The second-order valence-electron chi connectivity index (χ2n) is 8.64. The third-order valence-electron chi connectivity index (χ3n) is 6.12. The van der Waals surface area contributed by atoms with Crippen LogP contribution in [0.1, 0.15) is 18.4 Å². The number of ether oxygens (including phenoxy) is 1. The van der Waals surface area contributed by atoms with Gasteiger partial charge in [-0.15, -0.1) is 0 Å². The van der Waals surface area contributed by atoms with E-state index in [9.17, 15) is 5.11 Å². The molecule has 0 unspecified atom stereocenters. The largest absolute Gasteiger partial charge is 0.508 e. The number of hydrogen-bond acceptors (Lipinski definition) is 6. The van der Waals surface area contributed by atoms with Crippen molar-refractivity contribution in [3.05, 3.63) is 71.4 Å². The van der Waals surface area contributed by atoms with Gasteiger partial charge in [0.25, 0.3) is 0 Å². The van der Waals surface area contributed by atoms with Gasteiger partial charge in [0, 0.05) is 34.4 Å². The van der Waals surface area contributed by atoms with Crippen LogP contribution in [0.2, 0.25) is 5.02 Å². The van der Waals surface area contributed by atoms with Gasteiger partial charge >= 0.3 is 0 Å². The van der Waals surface area contributed by atoms with Gasteiger partial charge in [0.1, 0.15) is 18.1 Å². The fraction of sp³-hybridized carbons (Fsp3) is 0.259. The first-order valence-electron chi connectivity index (χ1n) is 11.5. The second kappa shape index (κ2) is 9.87. The number of phenols is 1. The highest BCUT2D eigenvalue weighted by Crippen LogP contribution is 2.34. The molecular formula is C27H27ClN4O2. The molecule has 6 nitrogen and oxygen atoms in total. The number of hydrogen-bond donors (Lipinski definition) is 2. The number of halogens is 1. The van der Waals surface area contributed by atoms with E-state index < -0.39 is 0 Å². The number of phenolic OH excluding ortho intramolecular Hbond substituents is 1. The summed E-state index contributed by atoms with van der Waals surface area (Å²) in [6, 6.07) is 16.8. The Labute approximate surface area is 204 Å². The zero-order valence-electron chi connectivity index (χ0n) is 19.1. The predicted octanol–water partition coefficient (Wildman–Crippen LogP) is 6.18. The second-order valence-corrected chi connectivity index (χ2v) is 9.04. The summed E-state index contributed by atoms with van der Waals surface area (Å²) in [5.41, 5.74) is 4.44. The lowest BCUT2D eigenvalue weighted by Crippen LogP contribution is -2.25. The van der Waals surface area contributed by atoms with Crippen molar-refractivity contribution in [3.8, 4) is 22.6 Å². The molecule has 1 saturated heterocycles. The third-order valence-corrected chi connectivity index (χ3v) is 6.45. The molecule has 3 aromatic carbocycles. The smallest absolute Gasteiger partial charge is 0.227 e. The Balaban J connectivity index is 1.28. The Hall–Kier alpha value is -3.35. The Kier molecular flexibility index (Phi) is 6.52. The van der Waals surface area contributed by atoms with Gasteiger partial charge in [0.2, 0.25) is 5.95 Å². The average molecular weight is 475 g/mol. The van der Waals surface area contributed by atoms with E-state index in [0.29, 0.717) is 17.6 Å². The van der Waals surface area contributed by atoms with Crippen LogP contribution in [0.25, 0.3) is 22.0 Å². The maximum Gasteiger partial charge on any atom is 0.227 e. The molecule has 0 spiro atoms. The molecule has 0 radical (unpaired) electrons. The molecule has 34 heavy (non-hydrogen) atoms. The number of benzene rings is 3. The molecule has 1 aliphatic rings. The number of likely N-dealkylation sites (tertiary alicyclic amines) is 1. The number of rotatable bonds is 7. The number of nitrogens with one attached hydrogen (secondary N) is 1. The van der Waals surface area contributed by atoms with Crippen LogP contribution in [-0.4, -0.2) is 46.2 Å². The summed E-state index contributed by atoms with van der Waals surface area (Å²) in [6.45, 7) is 6.05. The Morgan fingerprint density at radius 2 is 1.85 bits per heavy atom. The van der Waals surface area contributed by atoms with Gasteiger partial charge < -0.3 is 15.2 Å². The molecule has 0 atom stereocenters. The lowest BCUT2D eigenvalue weighted by atomic mass is 10.0. The van der Waals surface area contributed by atoms with E-state index in [2.05, 4.69) is 15.2 Å². The maximum atomic E-state index is 9.86. The minimum Gasteiger partial charge on any atom is -0.508 e. The van der Waals surface area contributed by atoms with E-state index in [-0.39, 0.29) is 5.75 Å². The molecule has 1 aliphatic heterocycles. The first-order chi connectivity index (χ1) is 16.5. The van der Waals surface area contributed by atoms with Gasteiger partial charge in [-0.3, -0.25) is 4.90 Å². The Morgan fingerprint density at radius 1 is 1.06 bits per heavy atom. The molecule has 0 aliphatic carbocycles. The Morgan fingerprint density at radius 3 is 2.65 bits per heavy atom. The van der Waals surface area contributed by atoms with Gasteiger partial charge in [-0.25, -0.2) is 9.97 Å². The van der Waals surface area contributed by atoms with Gasteiger partial charge in [0.15, 0.2) is 0 Å². The quantitative estimate of drug-likeness (QED) is 0.333. The van der Waals surface area contributed by atoms with Crippen molar-refractivity contribution in [1.29, 1.82) is 0 Å². The number of aromatic hydroxyl groups is 1. The number of aromatic nitrogens is 2. The number of fused-ring (bicyclic) bond motifs is 1. The summed E-state index contributed by atoms with van der Waals surface area (Å²) in [5.74, 6) is 1.57. The minimum absolute atomic E-state index is 0.177. The van der Waals surface area contributed by atoms with Crippen molar-refractivity contribution in [3.63, 3.8) is 0 Å². The number of aryl methyl sites for hydroxylation is 1. The number of anilines is 2. The lowest BCUT2D eigenvalue weighted by molar-refractivity contribution is 0.238. The van der Waals surface area contributed by atoms with Gasteiger partial charge in [-0.2, -0.15) is 0 Å². The summed E-state index contributed by atoms with van der Waals surface area (Å²) in [4.78, 5) is 11.7. The highest BCUT2D eigenvalue weighted by atomic mass is 35.5. The maximum absolute atomic E-state index is 9.86. The average Bonchev–Trinajstić information content (AvgIpc) is 3.36. The van der Waals surface area contributed by atoms with Crippen LogP contribution in [0.15, 0.2) is 60.8 Å². The summed E-state index contributed by atoms with van der Waals surface area (Å²) in [5, 5.41) is 14.6. The Bertz CT molecular complexity index is 1300. The molecule has 174 valence electrons. The summed E-state index contributed by atoms with van der Waals surface area (Å²) >= 11 is 6.36. The summed E-state index contributed by atoms with van der Waals surface area (Å²) in [7, 11) is 0. The molecule has 7 heteroatoms. The SMILES string of the molecule is Cc1cc(-c2cc(O)ccc2Cl)cc2cnc(Nc3ccc(OCCN4CCCC4)cc3)nc12. The monoisotopic (exact) mass is 474 g/mol. The highest BCUT2D eigenvalue weighted by molar-refractivity contribution is 6.33. The first-order valence-corrected chi connectivity index (χ1v) is 11.9. The van der Waals surface area contributed by atoms with Crippen LogP contribution >= 0.6 is 11.6 Å². The topological polar surface area (TPSA) is 70.5 Å². The fourth-order valence-corrected chi connectivity index (χ4v) is 4.56. The van der Waals surface area contributed by atoms with Crippen molar-refractivity contribution >= 4 is 34.1 Å². The molecule has 1 fully saturated rings. The first kappa shape index (κ1) is 22.4. The number of nitrogens with zero attached hydrogens (tertiary/aromatic N) is 3. The van der Waals surface area contributed by atoms with E-state index in [1.807, 2.05) is 43.3 Å². The van der Waals surface area contributed by atoms with E-state index >= 15 is 0 Å². The van der Waals surface area contributed by atoms with Crippen LogP contribution in [-0.2, 0) is 0 Å². The molecule has 0 amide bonds. The normalized spacial score (nSPS) is 13.9. The van der Waals surface area contributed by atoms with Crippen LogP contribution in [0, 0.1) is 6.92 Å². The fourth-order valence-electron chi connectivity index (χ4n) is 4.34. The van der Waals surface area contributed by atoms with Crippen LogP contribution < -0.4 is 10.1 Å². The van der Waals surface area contributed by atoms with Crippen molar-refractivity contribution in [2.75, 3.05) is 31.6 Å². The lowest BCUT2D eigenvalue weighted by Gasteiger charge is -2.15. The minimum atomic E-state index is 0.177. The van der Waals surface area contributed by atoms with Crippen molar-refractivity contribution < 1.29 is 9.84 Å². The molecule has 2 heterocycles. The van der Waals surface area contributed by atoms with Crippen molar-refractivity contribution in [1.82, 2.24) is 14.9 Å². The molecule has 1 aromatic heterocycles. The van der Waals surface area contributed by atoms with Gasteiger partial charge in [-0.1, -0.05) is 11.6 Å². The van der Waals surface area contributed by atoms with Crippen molar-refractivity contribution in [2.45, 2.75) is 19.8 Å². The molecule has 2 N–H and O–H groups in total. The van der Waals surface area contributed by atoms with E-state index in [1.165, 1.54) is 25.9 Å². The molecule has 0 bridgehead atoms. The van der Waals surface area contributed by atoms with Crippen LogP contribution in [0.4, 0.5) is 11.6 Å². The highest BCUT2D eigenvalue weighted by Gasteiger charge is 2.12. The molecule has 5 rings (SSSR count). The van der Waals surface area contributed by atoms with E-state index in [4.69, 9.17) is 21.3 Å². The summed E-state index contributed by atoms with van der Waals surface area (Å²) in [6.07, 6.45) is 4.39. The zero-order valence-corrected chi connectivity index (χ0v) is 19.8. The van der Waals surface area contributed by atoms with Gasteiger partial charge in [0.05, 0.1) is 5.52 Å². The third kappa shape index (κ3) is 5.08. The van der Waals surface area contributed by atoms with Crippen LogP contribution in [0.3, 0.4) is 0 Å². The van der Waals surface area contributed by atoms with Crippen LogP contribution in [0.5, 0.6) is 11.5 Å². The van der Waals surface area contributed by atoms with E-state index in [0.717, 1.165) is 45.6 Å². The summed E-state index contributed by atoms with van der Waals surface area (Å²) < 4.78 is 5.88. The molecular weight excluding hydrogens is 448 g/mol.